The van der Waals surface area contributed by atoms with E-state index in [2.05, 4.69) is 5.32 Å². The van der Waals surface area contributed by atoms with E-state index >= 15 is 0 Å². The molecule has 0 saturated heterocycles. The molecular weight excluding hydrogens is 414 g/mol. The fourth-order valence-electron chi connectivity index (χ4n) is 3.70. The van der Waals surface area contributed by atoms with Gasteiger partial charge in [0.2, 0.25) is 0 Å². The van der Waals surface area contributed by atoms with Crippen LogP contribution in [0.15, 0.2) is 12.1 Å². The Morgan fingerprint density at radius 3 is 2.45 bits per heavy atom. The van der Waals surface area contributed by atoms with Gasteiger partial charge in [0, 0.05) is 43.3 Å². The van der Waals surface area contributed by atoms with E-state index in [0.717, 1.165) is 0 Å². The van der Waals surface area contributed by atoms with Crippen molar-refractivity contribution in [3.05, 3.63) is 28.8 Å². The van der Waals surface area contributed by atoms with Crippen LogP contribution in [0.4, 0.5) is 40.8 Å². The number of alkyl halides is 8. The Morgan fingerprint density at radius 2 is 1.83 bits per heavy atom. The molecule has 1 aromatic rings. The SMILES string of the molecule is O=C(NCC(F)(F)C(F)(F)F)c1ccc2c3c1C(CC(F)(F)F)CN3CCNC2. The van der Waals surface area contributed by atoms with Gasteiger partial charge in [0.25, 0.3) is 5.91 Å². The Hall–Kier alpha value is -2.11. The quantitative estimate of drug-likeness (QED) is 0.717. The fraction of sp³-hybridized carbons (Fsp3) is 0.588. The number of halogens is 8. The topological polar surface area (TPSA) is 44.4 Å². The zero-order valence-corrected chi connectivity index (χ0v) is 14.9. The van der Waals surface area contributed by atoms with Crippen molar-refractivity contribution in [2.45, 2.75) is 37.2 Å². The fourth-order valence-corrected chi connectivity index (χ4v) is 3.70. The second-order valence-corrected chi connectivity index (χ2v) is 7.06. The van der Waals surface area contributed by atoms with Crippen LogP contribution >= 0.6 is 0 Å². The molecule has 0 saturated carbocycles. The minimum Gasteiger partial charge on any atom is -0.369 e. The maximum atomic E-state index is 13.1. The summed E-state index contributed by atoms with van der Waals surface area (Å²) in [6.07, 6.45) is -11.6. The van der Waals surface area contributed by atoms with Crippen molar-refractivity contribution in [2.24, 2.45) is 0 Å². The first-order valence-corrected chi connectivity index (χ1v) is 8.71. The number of hydrogen-bond acceptors (Lipinski definition) is 3. The van der Waals surface area contributed by atoms with Gasteiger partial charge in [0.1, 0.15) is 0 Å². The molecule has 2 aliphatic rings. The number of rotatable bonds is 4. The summed E-state index contributed by atoms with van der Waals surface area (Å²) in [6, 6.07) is 2.64. The first kappa shape index (κ1) is 21.6. The highest BCUT2D eigenvalue weighted by Crippen LogP contribution is 2.46. The van der Waals surface area contributed by atoms with Gasteiger partial charge in [-0.25, -0.2) is 0 Å². The molecule has 0 aromatic heterocycles. The molecule has 0 radical (unpaired) electrons. The number of carbonyl (C=O) groups is 1. The lowest BCUT2D eigenvalue weighted by Gasteiger charge is -2.21. The number of hydrogen-bond donors (Lipinski definition) is 2. The Balaban J connectivity index is 1.94. The molecule has 4 nitrogen and oxygen atoms in total. The lowest BCUT2D eigenvalue weighted by atomic mass is 9.90. The third-order valence-corrected chi connectivity index (χ3v) is 4.95. The van der Waals surface area contributed by atoms with Crippen LogP contribution in [0, 0.1) is 0 Å². The van der Waals surface area contributed by atoms with E-state index in [1.807, 2.05) is 0 Å². The van der Waals surface area contributed by atoms with E-state index in [9.17, 15) is 39.9 Å². The van der Waals surface area contributed by atoms with Crippen molar-refractivity contribution in [3.8, 4) is 0 Å². The van der Waals surface area contributed by atoms with Gasteiger partial charge < -0.3 is 15.5 Å². The van der Waals surface area contributed by atoms with Gasteiger partial charge in [-0.15, -0.1) is 0 Å². The van der Waals surface area contributed by atoms with Gasteiger partial charge >= 0.3 is 18.3 Å². The Bertz CT molecular complexity index is 790. The molecule has 1 unspecified atom stereocenters. The summed E-state index contributed by atoms with van der Waals surface area (Å²) in [5.41, 5.74) is 0.774. The molecule has 1 amide bonds. The van der Waals surface area contributed by atoms with E-state index in [1.54, 1.807) is 4.90 Å². The Labute approximate surface area is 160 Å². The third-order valence-electron chi connectivity index (χ3n) is 4.95. The number of carbonyl (C=O) groups excluding carboxylic acids is 1. The first-order chi connectivity index (χ1) is 13.3. The summed E-state index contributed by atoms with van der Waals surface area (Å²) >= 11 is 0. The van der Waals surface area contributed by atoms with Crippen LogP contribution in [-0.2, 0) is 6.54 Å². The molecule has 0 fully saturated rings. The minimum atomic E-state index is -5.86. The van der Waals surface area contributed by atoms with Crippen LogP contribution in [0.1, 0.15) is 33.8 Å². The average molecular weight is 431 g/mol. The van der Waals surface area contributed by atoms with Crippen molar-refractivity contribution in [2.75, 3.05) is 31.1 Å². The van der Waals surface area contributed by atoms with Crippen LogP contribution in [-0.4, -0.2) is 50.4 Å². The molecule has 29 heavy (non-hydrogen) atoms. The van der Waals surface area contributed by atoms with E-state index in [1.165, 1.54) is 17.4 Å². The van der Waals surface area contributed by atoms with E-state index < -0.39 is 43.1 Å². The van der Waals surface area contributed by atoms with E-state index in [4.69, 9.17) is 0 Å². The van der Waals surface area contributed by atoms with Gasteiger partial charge in [-0.2, -0.15) is 35.1 Å². The Kier molecular flexibility index (Phi) is 5.43. The highest BCUT2D eigenvalue weighted by Gasteiger charge is 2.57. The lowest BCUT2D eigenvalue weighted by Crippen LogP contribution is -2.46. The monoisotopic (exact) mass is 431 g/mol. The van der Waals surface area contributed by atoms with Crippen molar-refractivity contribution in [1.29, 1.82) is 0 Å². The normalized spacial score (nSPS) is 19.7. The summed E-state index contributed by atoms with van der Waals surface area (Å²) in [6.45, 7) is -0.809. The lowest BCUT2D eigenvalue weighted by molar-refractivity contribution is -0.278. The molecule has 2 aliphatic heterocycles. The first-order valence-electron chi connectivity index (χ1n) is 8.71. The van der Waals surface area contributed by atoms with E-state index in [-0.39, 0.29) is 17.7 Å². The zero-order valence-electron chi connectivity index (χ0n) is 14.9. The number of nitrogens with one attached hydrogen (secondary N) is 2. The molecule has 1 atom stereocenters. The maximum absolute atomic E-state index is 13.1. The Morgan fingerprint density at radius 1 is 1.14 bits per heavy atom. The van der Waals surface area contributed by atoms with Crippen LogP contribution in [0.2, 0.25) is 0 Å². The highest BCUT2D eigenvalue weighted by atomic mass is 19.4. The summed E-state index contributed by atoms with van der Waals surface area (Å²) < 4.78 is 102. The smallest absolute Gasteiger partial charge is 0.369 e. The molecule has 2 heterocycles. The highest BCUT2D eigenvalue weighted by molar-refractivity contribution is 5.98. The predicted octanol–water partition coefficient (Wildman–Crippen LogP) is 3.57. The summed E-state index contributed by atoms with van der Waals surface area (Å²) in [5.74, 6) is -7.54. The molecule has 12 heteroatoms. The van der Waals surface area contributed by atoms with Gasteiger partial charge in [-0.1, -0.05) is 6.07 Å². The zero-order chi connectivity index (χ0) is 21.6. The maximum Gasteiger partial charge on any atom is 0.455 e. The second kappa shape index (κ2) is 7.29. The van der Waals surface area contributed by atoms with Crippen LogP contribution in [0.5, 0.6) is 0 Å². The van der Waals surface area contributed by atoms with Gasteiger partial charge in [-0.3, -0.25) is 4.79 Å². The summed E-state index contributed by atoms with van der Waals surface area (Å²) in [7, 11) is 0. The average Bonchev–Trinajstić information content (AvgIpc) is 2.79. The van der Waals surface area contributed by atoms with Crippen molar-refractivity contribution >= 4 is 11.6 Å². The molecule has 0 aliphatic carbocycles. The van der Waals surface area contributed by atoms with Crippen molar-refractivity contribution in [3.63, 3.8) is 0 Å². The van der Waals surface area contributed by atoms with Gasteiger partial charge in [-0.05, 0) is 17.2 Å². The van der Waals surface area contributed by atoms with E-state index in [0.29, 0.717) is 30.9 Å². The molecule has 162 valence electrons. The molecule has 0 bridgehead atoms. The second-order valence-electron chi connectivity index (χ2n) is 7.06. The molecular formula is C17H17F8N3O. The van der Waals surface area contributed by atoms with Crippen molar-refractivity contribution in [1.82, 2.24) is 10.6 Å². The third kappa shape index (κ3) is 4.41. The largest absolute Gasteiger partial charge is 0.455 e. The molecule has 3 rings (SSSR count). The molecule has 0 spiro atoms. The number of benzene rings is 1. The summed E-state index contributed by atoms with van der Waals surface area (Å²) in [5, 5.41) is 4.60. The standard InChI is InChI=1S/C17H17F8N3O/c18-15(19,17(23,24)25)8-27-14(29)11-2-1-9-6-26-3-4-28-7-10(5-16(20,21)22)12(11)13(9)28/h1-2,10,26H,3-8H2,(H,27,29). The van der Waals surface area contributed by atoms with Crippen molar-refractivity contribution < 1.29 is 39.9 Å². The van der Waals surface area contributed by atoms with Crippen LogP contribution in [0.25, 0.3) is 0 Å². The van der Waals surface area contributed by atoms with Crippen LogP contribution in [0.3, 0.4) is 0 Å². The number of amides is 1. The number of nitrogens with zero attached hydrogens (tertiary/aromatic N) is 1. The molecule has 2 N–H and O–H groups in total. The predicted molar refractivity (Wildman–Crippen MR) is 87.1 cm³/mol. The van der Waals surface area contributed by atoms with Gasteiger partial charge in [0.15, 0.2) is 0 Å². The van der Waals surface area contributed by atoms with Crippen LogP contribution < -0.4 is 15.5 Å². The summed E-state index contributed by atoms with van der Waals surface area (Å²) in [4.78, 5) is 14.1. The van der Waals surface area contributed by atoms with Gasteiger partial charge in [0.05, 0.1) is 13.0 Å². The number of anilines is 1. The molecule has 1 aromatic carbocycles. The minimum absolute atomic E-state index is 0.0213.